The Morgan fingerprint density at radius 2 is 2.20 bits per heavy atom. The molecule has 2 heterocycles. The third kappa shape index (κ3) is 3.93. The Hall–Kier alpha value is -1.62. The summed E-state index contributed by atoms with van der Waals surface area (Å²) in [6.45, 7) is 5.18. The zero-order valence-corrected chi connectivity index (χ0v) is 12.4. The second-order valence-corrected chi connectivity index (χ2v) is 5.24. The van der Waals surface area contributed by atoms with Gasteiger partial charge in [-0.15, -0.1) is 0 Å². The van der Waals surface area contributed by atoms with Crippen LogP contribution in [0, 0.1) is 0 Å². The molecule has 1 aliphatic rings. The predicted octanol–water partition coefficient (Wildman–Crippen LogP) is 1.12. The molecule has 20 heavy (non-hydrogen) atoms. The van der Waals surface area contributed by atoms with Gasteiger partial charge in [0.05, 0.1) is 6.54 Å². The maximum Gasteiger partial charge on any atom is 0.236 e. The van der Waals surface area contributed by atoms with E-state index >= 15 is 0 Å². The zero-order chi connectivity index (χ0) is 14.4. The lowest BCUT2D eigenvalue weighted by Gasteiger charge is -2.33. The summed E-state index contributed by atoms with van der Waals surface area (Å²) in [4.78, 5) is 20.2. The van der Waals surface area contributed by atoms with E-state index in [2.05, 4.69) is 15.2 Å². The minimum atomic E-state index is 0.166. The molecule has 1 aliphatic heterocycles. The molecule has 1 amide bonds. The van der Waals surface area contributed by atoms with Crippen molar-refractivity contribution >= 4 is 11.7 Å². The number of anilines is 1. The van der Waals surface area contributed by atoms with E-state index in [-0.39, 0.29) is 5.91 Å². The number of likely N-dealkylation sites (N-methyl/N-ethyl adjacent to an activating group) is 1. The molecule has 110 valence electrons. The van der Waals surface area contributed by atoms with Gasteiger partial charge in [-0.3, -0.25) is 4.79 Å². The van der Waals surface area contributed by atoms with Gasteiger partial charge in [-0.2, -0.15) is 0 Å². The summed E-state index contributed by atoms with van der Waals surface area (Å²) in [6.07, 6.45) is 3.94. The van der Waals surface area contributed by atoms with E-state index in [9.17, 15) is 4.79 Å². The largest absolute Gasteiger partial charge is 0.357 e. The third-order valence-electron chi connectivity index (χ3n) is 3.91. The molecule has 0 aromatic carbocycles. The molecule has 1 saturated heterocycles. The van der Waals surface area contributed by atoms with Crippen molar-refractivity contribution in [3.63, 3.8) is 0 Å². The standard InChI is InChI=1S/C15H24N4O/c1-3-18(2)15(20)12-17-13-7-10-19(11-8-13)14-6-4-5-9-16-14/h4-6,9,13,17H,3,7-8,10-12H2,1-2H3. The number of hydrogen-bond donors (Lipinski definition) is 1. The number of amides is 1. The highest BCUT2D eigenvalue weighted by Gasteiger charge is 2.20. The lowest BCUT2D eigenvalue weighted by atomic mass is 10.1. The molecule has 2 rings (SSSR count). The summed E-state index contributed by atoms with van der Waals surface area (Å²) in [5, 5.41) is 3.37. The summed E-state index contributed by atoms with van der Waals surface area (Å²) in [5.41, 5.74) is 0. The first-order chi connectivity index (χ1) is 9.70. The molecule has 0 aliphatic carbocycles. The molecule has 0 atom stereocenters. The van der Waals surface area contributed by atoms with E-state index in [1.165, 1.54) is 0 Å². The SMILES string of the molecule is CCN(C)C(=O)CNC1CCN(c2ccccn2)CC1. The van der Waals surface area contributed by atoms with Gasteiger partial charge in [0, 0.05) is 38.9 Å². The van der Waals surface area contributed by atoms with Crippen LogP contribution in [-0.2, 0) is 4.79 Å². The van der Waals surface area contributed by atoms with Crippen molar-refractivity contribution in [2.45, 2.75) is 25.8 Å². The van der Waals surface area contributed by atoms with Crippen molar-refractivity contribution in [1.82, 2.24) is 15.2 Å². The summed E-state index contributed by atoms with van der Waals surface area (Å²) in [7, 11) is 1.84. The highest BCUT2D eigenvalue weighted by atomic mass is 16.2. The first kappa shape index (κ1) is 14.8. The normalized spacial score (nSPS) is 16.2. The van der Waals surface area contributed by atoms with E-state index in [0.29, 0.717) is 12.6 Å². The van der Waals surface area contributed by atoms with Crippen LogP contribution < -0.4 is 10.2 Å². The van der Waals surface area contributed by atoms with Gasteiger partial charge < -0.3 is 15.1 Å². The first-order valence-electron chi connectivity index (χ1n) is 7.34. The minimum absolute atomic E-state index is 0.166. The molecular weight excluding hydrogens is 252 g/mol. The van der Waals surface area contributed by atoms with Gasteiger partial charge in [-0.1, -0.05) is 6.07 Å². The van der Waals surface area contributed by atoms with Crippen LogP contribution >= 0.6 is 0 Å². The number of piperidine rings is 1. The van der Waals surface area contributed by atoms with Gasteiger partial charge in [-0.05, 0) is 31.9 Å². The average molecular weight is 276 g/mol. The quantitative estimate of drug-likeness (QED) is 0.875. The van der Waals surface area contributed by atoms with Crippen LogP contribution in [0.5, 0.6) is 0 Å². The van der Waals surface area contributed by atoms with Crippen molar-refractivity contribution in [2.24, 2.45) is 0 Å². The Kier molecular flexibility index (Phi) is 5.35. The van der Waals surface area contributed by atoms with Gasteiger partial charge >= 0.3 is 0 Å². The van der Waals surface area contributed by atoms with Crippen molar-refractivity contribution in [3.05, 3.63) is 24.4 Å². The second kappa shape index (κ2) is 7.24. The summed E-state index contributed by atoms with van der Waals surface area (Å²) < 4.78 is 0. The molecule has 0 bridgehead atoms. The molecule has 1 N–H and O–H groups in total. The number of carbonyl (C=O) groups excluding carboxylic acids is 1. The van der Waals surface area contributed by atoms with E-state index in [1.54, 1.807) is 4.90 Å². The Morgan fingerprint density at radius 3 is 2.80 bits per heavy atom. The molecule has 0 saturated carbocycles. The van der Waals surface area contributed by atoms with Crippen LogP contribution in [0.15, 0.2) is 24.4 Å². The topological polar surface area (TPSA) is 48.5 Å². The highest BCUT2D eigenvalue weighted by Crippen LogP contribution is 2.16. The van der Waals surface area contributed by atoms with Gasteiger partial charge in [0.25, 0.3) is 0 Å². The molecule has 5 heteroatoms. The van der Waals surface area contributed by atoms with E-state index in [4.69, 9.17) is 0 Å². The van der Waals surface area contributed by atoms with E-state index < -0.39 is 0 Å². The fourth-order valence-electron chi connectivity index (χ4n) is 2.40. The van der Waals surface area contributed by atoms with Crippen molar-refractivity contribution < 1.29 is 4.79 Å². The number of aromatic nitrogens is 1. The lowest BCUT2D eigenvalue weighted by Crippen LogP contribution is -2.46. The fourth-order valence-corrected chi connectivity index (χ4v) is 2.40. The molecule has 5 nitrogen and oxygen atoms in total. The number of carbonyl (C=O) groups is 1. The smallest absolute Gasteiger partial charge is 0.236 e. The minimum Gasteiger partial charge on any atom is -0.357 e. The Labute approximate surface area is 121 Å². The molecule has 0 radical (unpaired) electrons. The molecule has 1 fully saturated rings. The second-order valence-electron chi connectivity index (χ2n) is 5.24. The summed E-state index contributed by atoms with van der Waals surface area (Å²) in [6, 6.07) is 6.44. The van der Waals surface area contributed by atoms with Crippen molar-refractivity contribution in [1.29, 1.82) is 0 Å². The number of hydrogen-bond acceptors (Lipinski definition) is 4. The summed E-state index contributed by atoms with van der Waals surface area (Å²) in [5.74, 6) is 1.22. The van der Waals surface area contributed by atoms with E-state index in [1.807, 2.05) is 38.4 Å². The maximum atomic E-state index is 11.7. The number of nitrogens with one attached hydrogen (secondary N) is 1. The molecule has 1 aromatic heterocycles. The van der Waals surface area contributed by atoms with Crippen LogP contribution in [0.4, 0.5) is 5.82 Å². The Balaban J connectivity index is 1.73. The van der Waals surface area contributed by atoms with Gasteiger partial charge in [-0.25, -0.2) is 4.98 Å². The first-order valence-corrected chi connectivity index (χ1v) is 7.34. The fraction of sp³-hybridized carbons (Fsp3) is 0.600. The van der Waals surface area contributed by atoms with Crippen molar-refractivity contribution in [2.75, 3.05) is 38.1 Å². The molecule has 0 unspecified atom stereocenters. The average Bonchev–Trinajstić information content (AvgIpc) is 2.53. The number of nitrogens with zero attached hydrogens (tertiary/aromatic N) is 3. The lowest BCUT2D eigenvalue weighted by molar-refractivity contribution is -0.128. The van der Waals surface area contributed by atoms with Crippen molar-refractivity contribution in [3.8, 4) is 0 Å². The monoisotopic (exact) mass is 276 g/mol. The van der Waals surface area contributed by atoms with Crippen LogP contribution in [-0.4, -0.2) is 55.1 Å². The Morgan fingerprint density at radius 1 is 1.45 bits per heavy atom. The van der Waals surface area contributed by atoms with E-state index in [0.717, 1.165) is 38.3 Å². The Bertz CT molecular complexity index is 415. The van der Waals surface area contributed by atoms with Crippen LogP contribution in [0.3, 0.4) is 0 Å². The van der Waals surface area contributed by atoms with Gasteiger partial charge in [0.1, 0.15) is 5.82 Å². The molecule has 1 aromatic rings. The van der Waals surface area contributed by atoms with Gasteiger partial charge in [0.2, 0.25) is 5.91 Å². The number of rotatable bonds is 5. The molecular formula is C15H24N4O. The van der Waals surface area contributed by atoms with Crippen LogP contribution in [0.1, 0.15) is 19.8 Å². The van der Waals surface area contributed by atoms with Gasteiger partial charge in [0.15, 0.2) is 0 Å². The molecule has 0 spiro atoms. The summed E-state index contributed by atoms with van der Waals surface area (Å²) >= 11 is 0. The number of pyridine rings is 1. The van der Waals surface area contributed by atoms with Crippen LogP contribution in [0.25, 0.3) is 0 Å². The zero-order valence-electron chi connectivity index (χ0n) is 12.4. The third-order valence-corrected chi connectivity index (χ3v) is 3.91. The highest BCUT2D eigenvalue weighted by molar-refractivity contribution is 5.77. The van der Waals surface area contributed by atoms with Crippen LogP contribution in [0.2, 0.25) is 0 Å². The maximum absolute atomic E-state index is 11.7. The predicted molar refractivity (Wildman–Crippen MR) is 80.8 cm³/mol.